The fourth-order valence-electron chi connectivity index (χ4n) is 1.24. The second kappa shape index (κ2) is 2.55. The van der Waals surface area contributed by atoms with E-state index >= 15 is 0 Å². The van der Waals surface area contributed by atoms with Gasteiger partial charge in [0.2, 0.25) is 5.91 Å². The number of hydrogen-bond acceptors (Lipinski definition) is 4. The van der Waals surface area contributed by atoms with E-state index in [0.29, 0.717) is 5.69 Å². The van der Waals surface area contributed by atoms with Gasteiger partial charge in [0.1, 0.15) is 5.76 Å². The van der Waals surface area contributed by atoms with Gasteiger partial charge in [-0.05, 0) is 6.07 Å². The van der Waals surface area contributed by atoms with Crippen molar-refractivity contribution in [1.82, 2.24) is 9.55 Å². The molecule has 0 aromatic carbocycles. The molecule has 0 unspecified atom stereocenters. The summed E-state index contributed by atoms with van der Waals surface area (Å²) in [5.41, 5.74) is -0.236. The van der Waals surface area contributed by atoms with Crippen molar-refractivity contribution >= 4 is 12.0 Å². The van der Waals surface area contributed by atoms with Crippen LogP contribution in [0.15, 0.2) is 22.8 Å². The molecule has 5 nitrogen and oxygen atoms in total. The van der Waals surface area contributed by atoms with Gasteiger partial charge in [0, 0.05) is 12.3 Å². The molecule has 0 bridgehead atoms. The summed E-state index contributed by atoms with van der Waals surface area (Å²) in [6, 6.07) is 1.49. The van der Waals surface area contributed by atoms with E-state index < -0.39 is 11.6 Å². The van der Waals surface area contributed by atoms with Gasteiger partial charge >= 0.3 is 5.69 Å². The zero-order valence-electron chi connectivity index (χ0n) is 6.60. The topological polar surface area (TPSA) is 72.2 Å². The first-order chi connectivity index (χ1) is 6.18. The van der Waals surface area contributed by atoms with Crippen LogP contribution >= 0.6 is 0 Å². The highest BCUT2D eigenvalue weighted by atomic mass is 16.3. The summed E-state index contributed by atoms with van der Waals surface area (Å²) in [6.45, 7) is 0. The molecule has 0 fully saturated rings. The molecule has 1 aromatic heterocycles. The van der Waals surface area contributed by atoms with Gasteiger partial charge in [0.25, 0.3) is 0 Å². The van der Waals surface area contributed by atoms with Crippen LogP contribution in [0.25, 0.3) is 6.08 Å². The summed E-state index contributed by atoms with van der Waals surface area (Å²) in [5.74, 6) is -0.483. The van der Waals surface area contributed by atoms with Crippen LogP contribution in [0.2, 0.25) is 0 Å². The number of aromatic nitrogens is 2. The highest BCUT2D eigenvalue weighted by Crippen LogP contribution is 2.12. The normalized spacial score (nSPS) is 15.1. The highest BCUT2D eigenvalue weighted by Gasteiger charge is 2.18. The van der Waals surface area contributed by atoms with Crippen molar-refractivity contribution in [3.8, 4) is 0 Å². The van der Waals surface area contributed by atoms with Crippen molar-refractivity contribution in [2.45, 2.75) is 6.42 Å². The zero-order chi connectivity index (χ0) is 9.42. The maximum absolute atomic E-state index is 11.2. The number of aliphatic hydroxyl groups is 1. The monoisotopic (exact) mass is 178 g/mol. The van der Waals surface area contributed by atoms with Crippen LogP contribution in [0.5, 0.6) is 0 Å². The molecule has 1 aliphatic heterocycles. The summed E-state index contributed by atoms with van der Waals surface area (Å²) in [7, 11) is 0. The van der Waals surface area contributed by atoms with Crippen LogP contribution in [0, 0.1) is 0 Å². The van der Waals surface area contributed by atoms with Gasteiger partial charge < -0.3 is 5.11 Å². The Labute approximate surface area is 73.0 Å². The molecule has 0 saturated heterocycles. The second-order valence-corrected chi connectivity index (χ2v) is 2.69. The minimum Gasteiger partial charge on any atom is -0.512 e. The Morgan fingerprint density at radius 1 is 1.46 bits per heavy atom. The molecule has 1 N–H and O–H groups in total. The zero-order valence-corrected chi connectivity index (χ0v) is 6.60. The predicted octanol–water partition coefficient (Wildman–Crippen LogP) is 0.186. The maximum Gasteiger partial charge on any atom is 0.354 e. The summed E-state index contributed by atoms with van der Waals surface area (Å²) >= 11 is 0. The third-order valence-electron chi connectivity index (χ3n) is 1.78. The van der Waals surface area contributed by atoms with Crippen molar-refractivity contribution in [2.75, 3.05) is 0 Å². The number of carbonyl (C=O) groups excluding carboxylic acids is 1. The molecule has 0 saturated carbocycles. The standard InChI is InChI=1S/C8H6N2O3/c11-6-3-5-1-2-9-8(13)10(5)7(12)4-6/h1-3,11H,4H2. The number of aliphatic hydroxyl groups excluding tert-OH is 1. The van der Waals surface area contributed by atoms with E-state index in [2.05, 4.69) is 4.98 Å². The molecule has 1 aromatic rings. The van der Waals surface area contributed by atoms with E-state index in [1.54, 1.807) is 0 Å². The maximum atomic E-state index is 11.2. The molecule has 0 atom stereocenters. The molecule has 0 spiro atoms. The number of fused-ring (bicyclic) bond motifs is 1. The van der Waals surface area contributed by atoms with Gasteiger partial charge in [-0.25, -0.2) is 14.3 Å². The van der Waals surface area contributed by atoms with E-state index in [4.69, 9.17) is 5.11 Å². The lowest BCUT2D eigenvalue weighted by Gasteiger charge is -2.12. The molecule has 0 radical (unpaired) electrons. The molecule has 0 aliphatic carbocycles. The summed E-state index contributed by atoms with van der Waals surface area (Å²) < 4.78 is 0.944. The van der Waals surface area contributed by atoms with Crippen LogP contribution in [0.3, 0.4) is 0 Å². The first kappa shape index (κ1) is 7.72. The van der Waals surface area contributed by atoms with Crippen molar-refractivity contribution < 1.29 is 9.90 Å². The number of hydrogen-bond donors (Lipinski definition) is 1. The quantitative estimate of drug-likeness (QED) is 0.615. The van der Waals surface area contributed by atoms with Gasteiger partial charge in [-0.2, -0.15) is 0 Å². The van der Waals surface area contributed by atoms with Crippen molar-refractivity contribution in [3.63, 3.8) is 0 Å². The second-order valence-electron chi connectivity index (χ2n) is 2.69. The Morgan fingerprint density at radius 2 is 2.23 bits per heavy atom. The summed E-state index contributed by atoms with van der Waals surface area (Å²) in [5, 5.41) is 9.12. The molecule has 66 valence electrons. The van der Waals surface area contributed by atoms with Gasteiger partial charge in [0.15, 0.2) is 0 Å². The first-order valence-corrected chi connectivity index (χ1v) is 3.69. The predicted molar refractivity (Wildman–Crippen MR) is 44.3 cm³/mol. The lowest BCUT2D eigenvalue weighted by Crippen LogP contribution is -2.32. The van der Waals surface area contributed by atoms with Gasteiger partial charge in [-0.3, -0.25) is 4.79 Å². The van der Waals surface area contributed by atoms with E-state index in [1.807, 2.05) is 0 Å². The van der Waals surface area contributed by atoms with Gasteiger partial charge in [-0.15, -0.1) is 0 Å². The van der Waals surface area contributed by atoms with E-state index in [-0.39, 0.29) is 12.2 Å². The number of rotatable bonds is 0. The summed E-state index contributed by atoms with van der Waals surface area (Å²) in [6.07, 6.45) is 2.54. The van der Waals surface area contributed by atoms with Gasteiger partial charge in [-0.1, -0.05) is 0 Å². The summed E-state index contributed by atoms with van der Waals surface area (Å²) in [4.78, 5) is 25.8. The van der Waals surface area contributed by atoms with Crippen molar-refractivity contribution in [3.05, 3.63) is 34.2 Å². The molecule has 13 heavy (non-hydrogen) atoms. The third-order valence-corrected chi connectivity index (χ3v) is 1.78. The largest absolute Gasteiger partial charge is 0.512 e. The molecular weight excluding hydrogens is 172 g/mol. The fraction of sp³-hybridized carbons (Fsp3) is 0.125. The molecule has 0 amide bonds. The van der Waals surface area contributed by atoms with Gasteiger partial charge in [0.05, 0.1) is 12.1 Å². The smallest absolute Gasteiger partial charge is 0.354 e. The van der Waals surface area contributed by atoms with Crippen LogP contribution < -0.4 is 5.69 Å². The lowest BCUT2D eigenvalue weighted by molar-refractivity contribution is 0.0889. The molecule has 2 heterocycles. The van der Waals surface area contributed by atoms with E-state index in [1.165, 1.54) is 18.3 Å². The van der Waals surface area contributed by atoms with Crippen LogP contribution in [-0.4, -0.2) is 20.6 Å². The van der Waals surface area contributed by atoms with Crippen LogP contribution in [0.1, 0.15) is 16.9 Å². The molecule has 2 rings (SSSR count). The first-order valence-electron chi connectivity index (χ1n) is 3.69. The Morgan fingerprint density at radius 3 is 3.00 bits per heavy atom. The Hall–Kier alpha value is -1.91. The Kier molecular flexibility index (Phi) is 1.51. The number of allylic oxidation sites excluding steroid dienone is 1. The number of nitrogens with zero attached hydrogens (tertiary/aromatic N) is 2. The minimum absolute atomic E-state index is 0.0319. The van der Waals surface area contributed by atoms with Crippen LogP contribution in [0.4, 0.5) is 0 Å². The average Bonchev–Trinajstić information content (AvgIpc) is 2.02. The minimum atomic E-state index is -0.605. The van der Waals surface area contributed by atoms with E-state index in [0.717, 1.165) is 4.57 Å². The Bertz CT molecular complexity index is 459. The molecule has 5 heteroatoms. The average molecular weight is 178 g/mol. The Balaban J connectivity index is 2.76. The molecule has 1 aliphatic rings. The molecular formula is C8H6N2O3. The SMILES string of the molecule is O=C1CC(O)=Cc2ccnc(=O)n21. The third kappa shape index (κ3) is 1.14. The van der Waals surface area contributed by atoms with Crippen molar-refractivity contribution in [2.24, 2.45) is 0 Å². The fourth-order valence-corrected chi connectivity index (χ4v) is 1.24. The highest BCUT2D eigenvalue weighted by molar-refractivity contribution is 5.86. The lowest BCUT2D eigenvalue weighted by atomic mass is 10.2. The number of carbonyl (C=O) groups is 1. The van der Waals surface area contributed by atoms with Crippen LogP contribution in [-0.2, 0) is 0 Å². The van der Waals surface area contributed by atoms with Crippen molar-refractivity contribution in [1.29, 1.82) is 0 Å². The van der Waals surface area contributed by atoms with E-state index in [9.17, 15) is 9.59 Å².